The van der Waals surface area contributed by atoms with Crippen LogP contribution in [-0.4, -0.2) is 42.8 Å². The summed E-state index contributed by atoms with van der Waals surface area (Å²) in [5, 5.41) is 9.00. The van der Waals surface area contributed by atoms with E-state index in [2.05, 4.69) is 4.72 Å². The first-order valence-corrected chi connectivity index (χ1v) is 8.40. The fourth-order valence-electron chi connectivity index (χ4n) is 2.79. The lowest BCUT2D eigenvalue weighted by Gasteiger charge is -2.18. The molecular formula is C13H18N2O5S. The fraction of sp³-hybridized carbons (Fsp3) is 0.615. The minimum absolute atomic E-state index is 0.0242. The van der Waals surface area contributed by atoms with Crippen LogP contribution in [0.1, 0.15) is 29.8 Å². The van der Waals surface area contributed by atoms with Crippen molar-refractivity contribution >= 4 is 16.0 Å². The maximum atomic E-state index is 12.4. The van der Waals surface area contributed by atoms with Gasteiger partial charge in [0.2, 0.25) is 10.0 Å². The van der Waals surface area contributed by atoms with E-state index in [0.717, 1.165) is 12.8 Å². The van der Waals surface area contributed by atoms with Crippen LogP contribution < -0.4 is 4.72 Å². The monoisotopic (exact) mass is 314 g/mol. The van der Waals surface area contributed by atoms with E-state index in [1.54, 1.807) is 0 Å². The molecule has 1 saturated carbocycles. The van der Waals surface area contributed by atoms with Gasteiger partial charge in [-0.25, -0.2) is 17.9 Å². The summed E-state index contributed by atoms with van der Waals surface area (Å²) in [6, 6.07) is 0.947. The zero-order chi connectivity index (χ0) is 15.2. The van der Waals surface area contributed by atoms with E-state index in [0.29, 0.717) is 18.9 Å². The molecule has 0 aromatic carbocycles. The average Bonchev–Trinajstić information content (AvgIpc) is 3.00. The van der Waals surface area contributed by atoms with Gasteiger partial charge in [-0.05, 0) is 31.2 Å². The molecule has 116 valence electrons. The van der Waals surface area contributed by atoms with Gasteiger partial charge in [0, 0.05) is 19.9 Å². The highest BCUT2D eigenvalue weighted by molar-refractivity contribution is 7.89. The van der Waals surface area contributed by atoms with Gasteiger partial charge < -0.3 is 14.4 Å². The Labute approximate surface area is 123 Å². The Kier molecular flexibility index (Phi) is 3.54. The lowest BCUT2D eigenvalue weighted by molar-refractivity contribution is 0.0686. The van der Waals surface area contributed by atoms with Crippen molar-refractivity contribution in [2.24, 2.45) is 13.0 Å². The van der Waals surface area contributed by atoms with Gasteiger partial charge in [-0.15, -0.1) is 0 Å². The summed E-state index contributed by atoms with van der Waals surface area (Å²) in [7, 11) is -2.22. The van der Waals surface area contributed by atoms with Gasteiger partial charge in [-0.1, -0.05) is 0 Å². The summed E-state index contributed by atoms with van der Waals surface area (Å²) in [6.07, 6.45) is 4.07. The van der Waals surface area contributed by atoms with E-state index >= 15 is 0 Å². The van der Waals surface area contributed by atoms with Crippen LogP contribution in [0.3, 0.4) is 0 Å². The number of aromatic nitrogens is 1. The zero-order valence-electron chi connectivity index (χ0n) is 11.7. The third-order valence-electron chi connectivity index (χ3n) is 4.04. The molecule has 0 amide bonds. The van der Waals surface area contributed by atoms with Crippen molar-refractivity contribution in [2.45, 2.75) is 36.3 Å². The van der Waals surface area contributed by atoms with E-state index in [1.165, 1.54) is 23.9 Å². The quantitative estimate of drug-likeness (QED) is 0.828. The van der Waals surface area contributed by atoms with Crippen LogP contribution in [0.2, 0.25) is 0 Å². The summed E-state index contributed by atoms with van der Waals surface area (Å²) in [5.74, 6) is -0.704. The van der Waals surface area contributed by atoms with E-state index in [1.807, 2.05) is 0 Å². The van der Waals surface area contributed by atoms with E-state index in [4.69, 9.17) is 9.84 Å². The second-order valence-corrected chi connectivity index (χ2v) is 7.38. The van der Waals surface area contributed by atoms with E-state index in [-0.39, 0.29) is 22.7 Å². The standard InChI is InChI=1S/C13H18N2O5S/c1-15-7-9(6-11(15)13(16)17)21(18,19)14-10-4-5-20-12(10)8-2-3-8/h6-8,10,12,14H,2-5H2,1H3,(H,16,17). The smallest absolute Gasteiger partial charge is 0.352 e. The molecule has 0 spiro atoms. The molecule has 2 aliphatic rings. The summed E-state index contributed by atoms with van der Waals surface area (Å²) < 4.78 is 34.4. The van der Waals surface area contributed by atoms with Gasteiger partial charge in [0.05, 0.1) is 12.1 Å². The first kappa shape index (κ1) is 14.6. The third-order valence-corrected chi connectivity index (χ3v) is 5.50. The molecule has 2 unspecified atom stereocenters. The predicted octanol–water partition coefficient (Wildman–Crippen LogP) is 0.569. The van der Waals surface area contributed by atoms with Gasteiger partial charge in [-0.2, -0.15) is 0 Å². The average molecular weight is 314 g/mol. The summed E-state index contributed by atoms with van der Waals surface area (Å²) in [6.45, 7) is 0.559. The van der Waals surface area contributed by atoms with Crippen LogP contribution in [0.4, 0.5) is 0 Å². The first-order valence-electron chi connectivity index (χ1n) is 6.92. The maximum absolute atomic E-state index is 12.4. The van der Waals surface area contributed by atoms with Gasteiger partial charge in [0.15, 0.2) is 0 Å². The van der Waals surface area contributed by atoms with Crippen molar-refractivity contribution in [2.75, 3.05) is 6.61 Å². The Hall–Kier alpha value is -1.38. The van der Waals surface area contributed by atoms with Crippen LogP contribution in [0, 0.1) is 5.92 Å². The number of aromatic carboxylic acids is 1. The number of hydrogen-bond donors (Lipinski definition) is 2. The molecule has 1 saturated heterocycles. The lowest BCUT2D eigenvalue weighted by atomic mass is 10.1. The van der Waals surface area contributed by atoms with Gasteiger partial charge in [0.1, 0.15) is 10.6 Å². The molecule has 21 heavy (non-hydrogen) atoms. The Morgan fingerprint density at radius 1 is 1.43 bits per heavy atom. The number of nitrogens with zero attached hydrogens (tertiary/aromatic N) is 1. The SMILES string of the molecule is Cn1cc(S(=O)(=O)NC2CCOC2C2CC2)cc1C(=O)O. The molecule has 2 heterocycles. The summed E-state index contributed by atoms with van der Waals surface area (Å²) in [4.78, 5) is 11.0. The van der Waals surface area contributed by atoms with Crippen molar-refractivity contribution in [3.05, 3.63) is 18.0 Å². The number of hydrogen-bond acceptors (Lipinski definition) is 4. The molecule has 2 N–H and O–H groups in total. The Balaban J connectivity index is 1.80. The lowest BCUT2D eigenvalue weighted by Crippen LogP contribution is -2.41. The number of carboxylic acids is 1. The van der Waals surface area contributed by atoms with Crippen LogP contribution in [0.15, 0.2) is 17.2 Å². The number of rotatable bonds is 5. The van der Waals surface area contributed by atoms with Crippen LogP contribution >= 0.6 is 0 Å². The number of carboxylic acid groups (broad SMARTS) is 1. The predicted molar refractivity (Wildman–Crippen MR) is 73.6 cm³/mol. The van der Waals surface area contributed by atoms with Crippen molar-refractivity contribution < 1.29 is 23.1 Å². The highest BCUT2D eigenvalue weighted by Crippen LogP contribution is 2.39. The topological polar surface area (TPSA) is 97.6 Å². The zero-order valence-corrected chi connectivity index (χ0v) is 12.5. The minimum Gasteiger partial charge on any atom is -0.477 e. The third kappa shape index (κ3) is 2.83. The Morgan fingerprint density at radius 2 is 2.14 bits per heavy atom. The minimum atomic E-state index is -3.73. The molecule has 1 aromatic rings. The Morgan fingerprint density at radius 3 is 2.71 bits per heavy atom. The number of carbonyl (C=O) groups is 1. The maximum Gasteiger partial charge on any atom is 0.352 e. The van der Waals surface area contributed by atoms with Gasteiger partial charge >= 0.3 is 5.97 Å². The molecular weight excluding hydrogens is 296 g/mol. The van der Waals surface area contributed by atoms with Crippen molar-refractivity contribution in [3.63, 3.8) is 0 Å². The molecule has 1 aromatic heterocycles. The highest BCUT2D eigenvalue weighted by atomic mass is 32.2. The highest BCUT2D eigenvalue weighted by Gasteiger charge is 2.42. The van der Waals surface area contributed by atoms with Crippen molar-refractivity contribution in [1.29, 1.82) is 0 Å². The van der Waals surface area contributed by atoms with Gasteiger partial charge in [-0.3, -0.25) is 0 Å². The molecule has 8 heteroatoms. The molecule has 7 nitrogen and oxygen atoms in total. The van der Waals surface area contributed by atoms with Crippen LogP contribution in [0.5, 0.6) is 0 Å². The summed E-state index contributed by atoms with van der Waals surface area (Å²) in [5.41, 5.74) is -0.0585. The summed E-state index contributed by atoms with van der Waals surface area (Å²) >= 11 is 0. The molecule has 0 bridgehead atoms. The molecule has 0 radical (unpaired) electrons. The number of sulfonamides is 1. The number of aryl methyl sites for hydroxylation is 1. The van der Waals surface area contributed by atoms with E-state index in [9.17, 15) is 13.2 Å². The fourth-order valence-corrected chi connectivity index (χ4v) is 4.14. The normalized spacial score (nSPS) is 26.1. The largest absolute Gasteiger partial charge is 0.477 e. The molecule has 1 aliphatic heterocycles. The first-order chi connectivity index (χ1) is 9.88. The second-order valence-electron chi connectivity index (χ2n) is 5.67. The Bertz CT molecular complexity index is 662. The molecule has 1 aliphatic carbocycles. The number of nitrogens with one attached hydrogen (secondary N) is 1. The van der Waals surface area contributed by atoms with E-state index < -0.39 is 16.0 Å². The number of ether oxygens (including phenoxy) is 1. The van der Waals surface area contributed by atoms with Crippen LogP contribution in [0.25, 0.3) is 0 Å². The molecule has 2 fully saturated rings. The molecule has 2 atom stereocenters. The van der Waals surface area contributed by atoms with Crippen molar-refractivity contribution in [3.8, 4) is 0 Å². The van der Waals surface area contributed by atoms with Gasteiger partial charge in [0.25, 0.3) is 0 Å². The molecule has 3 rings (SSSR count). The van der Waals surface area contributed by atoms with Crippen LogP contribution in [-0.2, 0) is 21.8 Å². The second kappa shape index (κ2) is 5.11. The van der Waals surface area contributed by atoms with Crippen molar-refractivity contribution in [1.82, 2.24) is 9.29 Å².